The van der Waals surface area contributed by atoms with Crippen molar-refractivity contribution in [2.24, 2.45) is 11.8 Å². The number of carboxylic acids is 1. The van der Waals surface area contributed by atoms with Crippen LogP contribution in [0.15, 0.2) is 0 Å². The van der Waals surface area contributed by atoms with Gasteiger partial charge in [-0.3, -0.25) is 4.79 Å². The van der Waals surface area contributed by atoms with Crippen molar-refractivity contribution in [1.82, 2.24) is 0 Å². The number of hydrogen-bond acceptors (Lipinski definition) is 1. The Labute approximate surface area is 70.8 Å². The fraction of sp³-hybridized carbons (Fsp3) is 0.889. The highest BCUT2D eigenvalue weighted by molar-refractivity contribution is 5.71. The van der Waals surface area contributed by atoms with Crippen LogP contribution >= 0.6 is 0 Å². The lowest BCUT2D eigenvalue weighted by Crippen LogP contribution is -2.44. The Balaban J connectivity index is 2.16. The fourth-order valence-corrected chi connectivity index (χ4v) is 2.61. The van der Waals surface area contributed by atoms with Gasteiger partial charge < -0.3 is 5.11 Å². The van der Waals surface area contributed by atoms with Gasteiger partial charge in [0.25, 0.3) is 0 Å². The van der Waals surface area contributed by atoms with Crippen molar-refractivity contribution in [3.05, 3.63) is 0 Å². The molecule has 2 bridgehead atoms. The second kappa shape index (κ2) is 2.44. The van der Waals surface area contributed by atoms with Crippen molar-refractivity contribution in [3.63, 3.8) is 0 Å². The molecule has 0 aromatic rings. The van der Waals surface area contributed by atoms with Gasteiger partial charge in [0, 0.05) is 0 Å². The number of carbonyl (C=O) groups is 1. The predicted octanol–water partition coefficient (Wildman–Crippen LogP) is 1.99. The summed E-state index contributed by atoms with van der Waals surface area (Å²) in [6.07, 6.45) is 2.97. The molecule has 1 N–H and O–H groups in total. The van der Waals surface area contributed by atoms with Gasteiger partial charge in [0.1, 0.15) is 5.67 Å². The number of carboxylic acid groups (broad SMARTS) is 1. The van der Waals surface area contributed by atoms with E-state index in [9.17, 15) is 9.18 Å². The molecule has 3 fully saturated rings. The first kappa shape index (κ1) is 8.02. The molecule has 1 unspecified atom stereocenters. The highest BCUT2D eigenvalue weighted by Gasteiger charge is 2.48. The summed E-state index contributed by atoms with van der Waals surface area (Å²) in [5.41, 5.74) is -1.14. The van der Waals surface area contributed by atoms with Crippen molar-refractivity contribution in [2.45, 2.75) is 37.8 Å². The van der Waals surface area contributed by atoms with E-state index >= 15 is 0 Å². The molecule has 3 saturated carbocycles. The van der Waals surface area contributed by atoms with E-state index in [1.54, 1.807) is 0 Å². The minimum atomic E-state index is -1.14. The molecule has 0 aromatic carbocycles. The number of hydrogen-bond donors (Lipinski definition) is 1. The molecule has 3 rings (SSSR count). The first-order chi connectivity index (χ1) is 5.61. The van der Waals surface area contributed by atoms with Gasteiger partial charge in [-0.25, -0.2) is 4.39 Å². The van der Waals surface area contributed by atoms with Gasteiger partial charge in [-0.1, -0.05) is 0 Å². The topological polar surface area (TPSA) is 37.3 Å². The number of rotatable bonds is 1. The lowest BCUT2D eigenvalue weighted by atomic mass is 9.63. The maximum Gasteiger partial charge on any atom is 0.306 e. The lowest BCUT2D eigenvalue weighted by molar-refractivity contribution is -0.151. The summed E-state index contributed by atoms with van der Waals surface area (Å²) in [5, 5.41) is 8.81. The van der Waals surface area contributed by atoms with Crippen LogP contribution in [0.3, 0.4) is 0 Å². The number of fused-ring (bicyclic) bond motifs is 3. The smallest absolute Gasteiger partial charge is 0.306 e. The van der Waals surface area contributed by atoms with Gasteiger partial charge in [0.05, 0.1) is 5.92 Å². The van der Waals surface area contributed by atoms with Gasteiger partial charge in [-0.05, 0) is 38.0 Å². The first-order valence-electron chi connectivity index (χ1n) is 4.52. The van der Waals surface area contributed by atoms with Crippen LogP contribution in [-0.4, -0.2) is 16.7 Å². The maximum absolute atomic E-state index is 13.7. The molecule has 0 aliphatic heterocycles. The Morgan fingerprint density at radius 2 is 2.00 bits per heavy atom. The first-order valence-corrected chi connectivity index (χ1v) is 4.52. The average Bonchev–Trinajstić information content (AvgIpc) is 2.04. The summed E-state index contributed by atoms with van der Waals surface area (Å²) < 4.78 is 13.7. The maximum atomic E-state index is 13.7. The Bertz CT molecular complexity index is 207. The van der Waals surface area contributed by atoms with Crippen LogP contribution in [0.5, 0.6) is 0 Å². The van der Waals surface area contributed by atoms with Crippen LogP contribution in [0.25, 0.3) is 0 Å². The van der Waals surface area contributed by atoms with E-state index in [0.29, 0.717) is 12.8 Å². The van der Waals surface area contributed by atoms with Crippen LogP contribution in [-0.2, 0) is 4.79 Å². The van der Waals surface area contributed by atoms with E-state index in [4.69, 9.17) is 5.11 Å². The molecule has 12 heavy (non-hydrogen) atoms. The standard InChI is InChI=1S/C9H13FO2/c10-9-3-1-6(2-4-9)7(5-9)8(11)12/h6-7H,1-5H2,(H,11,12). The van der Waals surface area contributed by atoms with Crippen molar-refractivity contribution in [3.8, 4) is 0 Å². The predicted molar refractivity (Wildman–Crippen MR) is 41.5 cm³/mol. The Morgan fingerprint density at radius 3 is 2.33 bits per heavy atom. The molecule has 68 valence electrons. The van der Waals surface area contributed by atoms with Crippen LogP contribution < -0.4 is 0 Å². The average molecular weight is 172 g/mol. The second-order valence-electron chi connectivity index (χ2n) is 4.14. The lowest BCUT2D eigenvalue weighted by Gasteiger charge is -2.44. The van der Waals surface area contributed by atoms with Crippen LogP contribution in [0.2, 0.25) is 0 Å². The molecule has 1 atom stereocenters. The monoisotopic (exact) mass is 172 g/mol. The molecule has 0 radical (unpaired) electrons. The van der Waals surface area contributed by atoms with Crippen LogP contribution in [0.1, 0.15) is 32.1 Å². The summed E-state index contributed by atoms with van der Waals surface area (Å²) in [4.78, 5) is 10.7. The zero-order chi connectivity index (χ0) is 8.77. The summed E-state index contributed by atoms with van der Waals surface area (Å²) in [6, 6.07) is 0. The largest absolute Gasteiger partial charge is 0.481 e. The van der Waals surface area contributed by atoms with E-state index in [1.807, 2.05) is 0 Å². The molecule has 3 aliphatic carbocycles. The molecule has 0 amide bonds. The second-order valence-corrected chi connectivity index (χ2v) is 4.14. The zero-order valence-corrected chi connectivity index (χ0v) is 6.92. The van der Waals surface area contributed by atoms with E-state index in [1.165, 1.54) is 0 Å². The van der Waals surface area contributed by atoms with E-state index in [2.05, 4.69) is 0 Å². The molecule has 3 aliphatic rings. The molecule has 0 saturated heterocycles. The number of halogens is 1. The summed E-state index contributed by atoms with van der Waals surface area (Å²) in [7, 11) is 0. The Hall–Kier alpha value is -0.600. The van der Waals surface area contributed by atoms with Crippen molar-refractivity contribution in [1.29, 1.82) is 0 Å². The van der Waals surface area contributed by atoms with Gasteiger partial charge in [-0.2, -0.15) is 0 Å². The third kappa shape index (κ3) is 1.11. The van der Waals surface area contributed by atoms with Gasteiger partial charge >= 0.3 is 5.97 Å². The summed E-state index contributed by atoms with van der Waals surface area (Å²) in [6.45, 7) is 0. The normalized spacial score (nSPS) is 46.1. The fourth-order valence-electron chi connectivity index (χ4n) is 2.61. The highest BCUT2D eigenvalue weighted by Crippen LogP contribution is 2.49. The summed E-state index contributed by atoms with van der Waals surface area (Å²) >= 11 is 0. The molecule has 0 heterocycles. The molecular formula is C9H13FO2. The third-order valence-corrected chi connectivity index (χ3v) is 3.40. The Kier molecular flexibility index (Phi) is 1.63. The van der Waals surface area contributed by atoms with Crippen LogP contribution in [0.4, 0.5) is 4.39 Å². The minimum absolute atomic E-state index is 0.250. The zero-order valence-electron chi connectivity index (χ0n) is 6.92. The third-order valence-electron chi connectivity index (χ3n) is 3.40. The minimum Gasteiger partial charge on any atom is -0.481 e. The molecule has 2 nitrogen and oxygen atoms in total. The Morgan fingerprint density at radius 1 is 1.42 bits per heavy atom. The van der Waals surface area contributed by atoms with Gasteiger partial charge in [-0.15, -0.1) is 0 Å². The molecule has 3 heteroatoms. The van der Waals surface area contributed by atoms with Gasteiger partial charge in [0.15, 0.2) is 0 Å². The number of aliphatic carboxylic acids is 1. The summed E-state index contributed by atoms with van der Waals surface area (Å²) in [5.74, 6) is -0.959. The molecule has 0 aromatic heterocycles. The van der Waals surface area contributed by atoms with Gasteiger partial charge in [0.2, 0.25) is 0 Å². The van der Waals surface area contributed by atoms with E-state index in [0.717, 1.165) is 12.8 Å². The number of alkyl halides is 1. The molecular weight excluding hydrogens is 159 g/mol. The SMILES string of the molecule is O=C(O)C1CC2(F)CCC1CC2. The van der Waals surface area contributed by atoms with Crippen molar-refractivity contribution in [2.75, 3.05) is 0 Å². The van der Waals surface area contributed by atoms with Crippen LogP contribution in [0, 0.1) is 11.8 Å². The highest BCUT2D eigenvalue weighted by atomic mass is 19.1. The molecule has 0 spiro atoms. The quantitative estimate of drug-likeness (QED) is 0.656. The van der Waals surface area contributed by atoms with E-state index < -0.39 is 17.6 Å². The van der Waals surface area contributed by atoms with Crippen molar-refractivity contribution >= 4 is 5.97 Å². The van der Waals surface area contributed by atoms with Crippen molar-refractivity contribution < 1.29 is 14.3 Å². The van der Waals surface area contributed by atoms with E-state index in [-0.39, 0.29) is 12.3 Å².